The third-order valence-corrected chi connectivity index (χ3v) is 3.31. The summed E-state index contributed by atoms with van der Waals surface area (Å²) in [7, 11) is -3.64. The second-order valence-corrected chi connectivity index (χ2v) is 4.85. The molecule has 1 aliphatic rings. The number of rotatable bonds is 4. The van der Waals surface area contributed by atoms with Crippen molar-refractivity contribution in [2.24, 2.45) is 0 Å². The maximum atomic E-state index is 11.9. The molecule has 0 bridgehead atoms. The summed E-state index contributed by atoms with van der Waals surface area (Å²) in [6, 6.07) is 7.19. The van der Waals surface area contributed by atoms with Crippen LogP contribution in [-0.4, -0.2) is 13.2 Å². The van der Waals surface area contributed by atoms with Crippen LogP contribution in [0.1, 0.15) is 5.56 Å². The minimum Gasteiger partial charge on any atom is -0.402 e. The van der Waals surface area contributed by atoms with Crippen molar-refractivity contribution in [3.8, 4) is 5.75 Å². The van der Waals surface area contributed by atoms with Gasteiger partial charge in [0.2, 0.25) is 0 Å². The molecule has 1 saturated heterocycles. The highest BCUT2D eigenvalue weighted by atomic mass is 31.2. The topological polar surface area (TPSA) is 54.0 Å². The summed E-state index contributed by atoms with van der Waals surface area (Å²) >= 11 is 0. The lowest BCUT2D eigenvalue weighted by Gasteiger charge is -2.21. The molecule has 17 heavy (non-hydrogen) atoms. The molecule has 0 aromatic heterocycles. The Balaban J connectivity index is 2.17. The number of allylic oxidation sites excluding steroid dienone is 1. The monoisotopic (exact) mass is 256 g/mol. The highest BCUT2D eigenvalue weighted by Gasteiger charge is 2.34. The van der Waals surface area contributed by atoms with Crippen molar-refractivity contribution in [3.05, 3.63) is 42.5 Å². The highest BCUT2D eigenvalue weighted by Crippen LogP contribution is 2.51. The van der Waals surface area contributed by atoms with E-state index in [1.165, 1.54) is 0 Å². The van der Waals surface area contributed by atoms with Gasteiger partial charge in [0.15, 0.2) is 0 Å². The third-order valence-electron chi connectivity index (χ3n) is 2.11. The number of phosphoric acid groups is 1. The molecule has 0 radical (unpaired) electrons. The summed E-state index contributed by atoms with van der Waals surface area (Å²) in [4.78, 5) is 4.62. The average molecular weight is 256 g/mol. The van der Waals surface area contributed by atoms with Crippen LogP contribution >= 0.6 is 7.82 Å². The lowest BCUT2D eigenvalue weighted by Crippen LogP contribution is -2.14. The Kier molecular flexibility index (Phi) is 3.97. The van der Waals surface area contributed by atoms with Crippen LogP contribution in [0.2, 0.25) is 0 Å². The van der Waals surface area contributed by atoms with Gasteiger partial charge in [0.1, 0.15) is 12.4 Å². The van der Waals surface area contributed by atoms with Crippen LogP contribution in [0.3, 0.4) is 0 Å². The van der Waals surface area contributed by atoms with E-state index in [1.54, 1.807) is 18.2 Å². The van der Waals surface area contributed by atoms with Gasteiger partial charge >= 0.3 is 7.82 Å². The summed E-state index contributed by atoms with van der Waals surface area (Å²) in [6.07, 6.45) is 2.34. The normalized spacial score (nSPS) is 24.2. The van der Waals surface area contributed by atoms with Crippen LogP contribution in [0.4, 0.5) is 0 Å². The molecule has 1 heterocycles. The van der Waals surface area contributed by atoms with Crippen LogP contribution in [0.25, 0.3) is 0 Å². The van der Waals surface area contributed by atoms with Gasteiger partial charge in [-0.15, -0.1) is 11.3 Å². The van der Waals surface area contributed by atoms with Crippen LogP contribution < -0.4 is 4.52 Å². The van der Waals surface area contributed by atoms with E-state index in [2.05, 4.69) is 16.1 Å². The van der Waals surface area contributed by atoms with E-state index in [9.17, 15) is 4.57 Å². The first-order chi connectivity index (χ1) is 8.23. The van der Waals surface area contributed by atoms with Gasteiger partial charge in [0.05, 0.1) is 6.61 Å². The van der Waals surface area contributed by atoms with Gasteiger partial charge in [-0.2, -0.15) is 0 Å². The number of benzene rings is 1. The molecule has 6 heteroatoms. The van der Waals surface area contributed by atoms with Crippen LogP contribution in [0.5, 0.6) is 5.75 Å². The number of hydrogen-bond acceptors (Lipinski definition) is 5. The Hall–Kier alpha value is -1.13. The first-order valence-corrected chi connectivity index (χ1v) is 6.64. The van der Waals surface area contributed by atoms with Crippen molar-refractivity contribution < 1.29 is 23.2 Å². The lowest BCUT2D eigenvalue weighted by molar-refractivity contribution is -0.249. The molecule has 5 nitrogen and oxygen atoms in total. The van der Waals surface area contributed by atoms with E-state index in [0.29, 0.717) is 12.2 Å². The molecule has 0 amide bonds. The fourth-order valence-corrected chi connectivity index (χ4v) is 2.43. The third kappa shape index (κ3) is 3.17. The minimum atomic E-state index is -3.64. The summed E-state index contributed by atoms with van der Waals surface area (Å²) in [5, 5.41) is 0. The van der Waals surface area contributed by atoms with E-state index in [4.69, 9.17) is 9.05 Å². The van der Waals surface area contributed by atoms with Gasteiger partial charge in [0, 0.05) is 0 Å². The fourth-order valence-electron chi connectivity index (χ4n) is 1.39. The molecule has 1 unspecified atom stereocenters. The van der Waals surface area contributed by atoms with E-state index in [0.717, 1.165) is 5.56 Å². The Morgan fingerprint density at radius 3 is 2.94 bits per heavy atom. The van der Waals surface area contributed by atoms with Crippen molar-refractivity contribution in [2.45, 2.75) is 6.42 Å². The average Bonchev–Trinajstić information content (AvgIpc) is 2.32. The van der Waals surface area contributed by atoms with E-state index in [1.807, 2.05) is 12.1 Å². The number of hydrogen-bond donors (Lipinski definition) is 0. The first kappa shape index (κ1) is 12.3. The standard InChI is InChI=1S/C11H13O5P/c1-2-5-10-6-3-4-7-11(10)15-17(12)14-9-8-13-16-17/h2-4,6-7H,1,5,8-9H2. The largest absolute Gasteiger partial charge is 0.557 e. The second kappa shape index (κ2) is 5.47. The van der Waals surface area contributed by atoms with Crippen molar-refractivity contribution in [1.82, 2.24) is 0 Å². The van der Waals surface area contributed by atoms with Crippen LogP contribution in [-0.2, 0) is 25.1 Å². The number of phosphoric ester groups is 1. The Labute approximate surface area is 99.5 Å². The molecule has 0 aliphatic carbocycles. The first-order valence-electron chi connectivity index (χ1n) is 5.18. The quantitative estimate of drug-likeness (QED) is 0.471. The molecule has 1 aromatic rings. The molecule has 0 saturated carbocycles. The van der Waals surface area contributed by atoms with Crippen molar-refractivity contribution in [1.29, 1.82) is 0 Å². The van der Waals surface area contributed by atoms with Crippen molar-refractivity contribution in [3.63, 3.8) is 0 Å². The molecular weight excluding hydrogens is 243 g/mol. The smallest absolute Gasteiger partial charge is 0.402 e. The Morgan fingerprint density at radius 1 is 1.41 bits per heavy atom. The van der Waals surface area contributed by atoms with E-state index in [-0.39, 0.29) is 13.2 Å². The van der Waals surface area contributed by atoms with Crippen molar-refractivity contribution in [2.75, 3.05) is 13.2 Å². The lowest BCUT2D eigenvalue weighted by atomic mass is 10.1. The zero-order valence-corrected chi connectivity index (χ0v) is 10.1. The Morgan fingerprint density at radius 2 is 2.24 bits per heavy atom. The molecule has 92 valence electrons. The van der Waals surface area contributed by atoms with Gasteiger partial charge in [-0.25, -0.2) is 9.45 Å². The summed E-state index contributed by atoms with van der Waals surface area (Å²) in [5.74, 6) is 0.446. The highest BCUT2D eigenvalue weighted by molar-refractivity contribution is 7.48. The maximum absolute atomic E-state index is 11.9. The van der Waals surface area contributed by atoms with E-state index < -0.39 is 7.82 Å². The fraction of sp³-hybridized carbons (Fsp3) is 0.273. The molecule has 0 N–H and O–H groups in total. The molecule has 1 fully saturated rings. The van der Waals surface area contributed by atoms with Crippen molar-refractivity contribution >= 4 is 7.82 Å². The van der Waals surface area contributed by atoms with Gasteiger partial charge in [-0.3, -0.25) is 4.52 Å². The minimum absolute atomic E-state index is 0.181. The van der Waals surface area contributed by atoms with E-state index >= 15 is 0 Å². The zero-order valence-electron chi connectivity index (χ0n) is 9.20. The molecular formula is C11H13O5P. The number of para-hydroxylation sites is 1. The molecule has 1 aromatic carbocycles. The molecule has 1 aliphatic heterocycles. The van der Waals surface area contributed by atoms with Gasteiger partial charge in [-0.1, -0.05) is 24.3 Å². The van der Waals surface area contributed by atoms with Crippen LogP contribution in [0, 0.1) is 0 Å². The predicted molar refractivity (Wildman–Crippen MR) is 61.6 cm³/mol. The van der Waals surface area contributed by atoms with Gasteiger partial charge < -0.3 is 4.52 Å². The SMILES string of the molecule is C=CCc1ccccc1OP1(=O)OCCOO1. The van der Waals surface area contributed by atoms with Gasteiger partial charge in [-0.05, 0) is 18.1 Å². The summed E-state index contributed by atoms with van der Waals surface area (Å²) < 4.78 is 26.8. The summed E-state index contributed by atoms with van der Waals surface area (Å²) in [6.45, 7) is 4.07. The van der Waals surface area contributed by atoms with Gasteiger partial charge in [0.25, 0.3) is 0 Å². The van der Waals surface area contributed by atoms with Crippen LogP contribution in [0.15, 0.2) is 36.9 Å². The molecule has 1 atom stereocenters. The second-order valence-electron chi connectivity index (χ2n) is 3.37. The maximum Gasteiger partial charge on any atom is 0.557 e. The predicted octanol–water partition coefficient (Wildman–Crippen LogP) is 2.88. The molecule has 2 rings (SSSR count). The zero-order chi connectivity index (χ0) is 12.1. The molecule has 0 spiro atoms. The summed E-state index contributed by atoms with van der Waals surface area (Å²) in [5.41, 5.74) is 0.857. The Bertz CT molecular complexity index is 435.